The Morgan fingerprint density at radius 1 is 1.00 bits per heavy atom. The maximum Gasteiger partial charge on any atom is 0.257 e. The van der Waals surface area contributed by atoms with Gasteiger partial charge in [0.2, 0.25) is 12.7 Å². The summed E-state index contributed by atoms with van der Waals surface area (Å²) in [5.74, 6) is 0.735. The normalized spacial score (nSPS) is 16.4. The van der Waals surface area contributed by atoms with Gasteiger partial charge in [0.25, 0.3) is 11.8 Å². The quantitative estimate of drug-likeness (QED) is 0.468. The van der Waals surface area contributed by atoms with Crippen molar-refractivity contribution < 1.29 is 28.6 Å². The van der Waals surface area contributed by atoms with Gasteiger partial charge in [0.15, 0.2) is 11.5 Å². The van der Waals surface area contributed by atoms with Gasteiger partial charge in [-0.2, -0.15) is 0 Å². The van der Waals surface area contributed by atoms with Crippen molar-refractivity contribution in [3.05, 3.63) is 83.4 Å². The van der Waals surface area contributed by atoms with Crippen LogP contribution in [0.25, 0.3) is 0 Å². The number of benzene rings is 3. The summed E-state index contributed by atoms with van der Waals surface area (Å²) in [4.78, 5) is 42.9. The zero-order chi connectivity index (χ0) is 25.2. The van der Waals surface area contributed by atoms with E-state index in [9.17, 15) is 14.4 Å². The van der Waals surface area contributed by atoms with Crippen molar-refractivity contribution in [2.75, 3.05) is 18.3 Å². The van der Waals surface area contributed by atoms with E-state index in [-0.39, 0.29) is 31.6 Å². The molecule has 0 aliphatic carbocycles. The molecule has 1 unspecified atom stereocenters. The molecule has 3 amide bonds. The molecule has 8 nitrogen and oxygen atoms in total. The highest BCUT2D eigenvalue weighted by molar-refractivity contribution is 6.23. The molecule has 0 saturated carbocycles. The maximum atomic E-state index is 13.7. The molecule has 3 aromatic carbocycles. The molecule has 2 heterocycles. The first-order chi connectivity index (χ1) is 17.4. The largest absolute Gasteiger partial charge is 0.494 e. The second-order valence-corrected chi connectivity index (χ2v) is 8.70. The van der Waals surface area contributed by atoms with Crippen molar-refractivity contribution >= 4 is 23.4 Å². The Bertz CT molecular complexity index is 1300. The zero-order valence-electron chi connectivity index (χ0n) is 20.1. The first kappa shape index (κ1) is 23.4. The van der Waals surface area contributed by atoms with Crippen LogP contribution < -0.4 is 19.1 Å². The summed E-state index contributed by atoms with van der Waals surface area (Å²) in [5, 5.41) is 0. The van der Waals surface area contributed by atoms with Crippen LogP contribution in [0.2, 0.25) is 0 Å². The van der Waals surface area contributed by atoms with E-state index >= 15 is 0 Å². The minimum absolute atomic E-state index is 0.103. The number of fused-ring (bicyclic) bond motifs is 1. The first-order valence-electron chi connectivity index (χ1n) is 11.8. The van der Waals surface area contributed by atoms with E-state index in [1.54, 1.807) is 48.5 Å². The predicted octanol–water partition coefficient (Wildman–Crippen LogP) is 4.10. The van der Waals surface area contributed by atoms with Crippen LogP contribution >= 0.6 is 0 Å². The summed E-state index contributed by atoms with van der Waals surface area (Å²) >= 11 is 0. The van der Waals surface area contributed by atoms with Gasteiger partial charge in [-0.3, -0.25) is 14.4 Å². The number of hydrogen-bond donors (Lipinski definition) is 0. The van der Waals surface area contributed by atoms with Crippen LogP contribution in [0.3, 0.4) is 0 Å². The lowest BCUT2D eigenvalue weighted by atomic mass is 10.1. The number of nitrogens with zero attached hydrogens (tertiary/aromatic N) is 2. The predicted molar refractivity (Wildman–Crippen MR) is 132 cm³/mol. The minimum Gasteiger partial charge on any atom is -0.494 e. The van der Waals surface area contributed by atoms with Crippen molar-refractivity contribution in [1.29, 1.82) is 0 Å². The Morgan fingerprint density at radius 2 is 1.72 bits per heavy atom. The van der Waals surface area contributed by atoms with Gasteiger partial charge in [0, 0.05) is 12.1 Å². The fourth-order valence-corrected chi connectivity index (χ4v) is 4.41. The highest BCUT2D eigenvalue weighted by Gasteiger charge is 2.44. The number of ether oxygens (including phenoxy) is 3. The Kier molecular flexibility index (Phi) is 6.33. The van der Waals surface area contributed by atoms with E-state index in [2.05, 4.69) is 0 Å². The van der Waals surface area contributed by atoms with Gasteiger partial charge >= 0.3 is 0 Å². The van der Waals surface area contributed by atoms with E-state index in [0.717, 1.165) is 16.0 Å². The summed E-state index contributed by atoms with van der Waals surface area (Å²) in [6.07, 6.45) is -0.103. The Hall–Kier alpha value is -4.33. The average molecular weight is 487 g/mol. The number of rotatable bonds is 7. The molecule has 0 bridgehead atoms. The van der Waals surface area contributed by atoms with Crippen LogP contribution in [0, 0.1) is 6.92 Å². The second-order valence-electron chi connectivity index (χ2n) is 8.70. The van der Waals surface area contributed by atoms with Crippen LogP contribution in [0.15, 0.2) is 66.7 Å². The molecule has 2 aliphatic rings. The molecule has 8 heteroatoms. The van der Waals surface area contributed by atoms with E-state index in [0.29, 0.717) is 35.1 Å². The average Bonchev–Trinajstić information content (AvgIpc) is 3.46. The molecular weight excluding hydrogens is 460 g/mol. The Labute approximate surface area is 209 Å². The van der Waals surface area contributed by atoms with Gasteiger partial charge in [-0.1, -0.05) is 23.8 Å². The summed E-state index contributed by atoms with van der Waals surface area (Å²) in [6.45, 7) is 4.60. The molecule has 184 valence electrons. The number of carbonyl (C=O) groups excluding carboxylic acids is 3. The SMILES string of the molecule is CCOc1ccc(N2C(=O)CC(N(Cc3ccc4c(c3)OCO4)C(=O)c3ccc(C)cc3)C2=O)cc1. The van der Waals surface area contributed by atoms with Crippen LogP contribution in [-0.2, 0) is 16.1 Å². The molecule has 3 aromatic rings. The third-order valence-corrected chi connectivity index (χ3v) is 6.25. The smallest absolute Gasteiger partial charge is 0.257 e. The standard InChI is InChI=1S/C28H26N2O6/c1-3-34-22-11-9-21(10-12-22)30-26(31)15-23(28(30)33)29(27(32)20-7-4-18(2)5-8-20)16-19-6-13-24-25(14-19)36-17-35-24/h4-14,23H,3,15-17H2,1-2H3. The monoisotopic (exact) mass is 486 g/mol. The number of aryl methyl sites for hydroxylation is 1. The molecule has 1 atom stereocenters. The van der Waals surface area contributed by atoms with Crippen molar-refractivity contribution in [1.82, 2.24) is 4.90 Å². The first-order valence-corrected chi connectivity index (χ1v) is 11.8. The highest BCUT2D eigenvalue weighted by atomic mass is 16.7. The van der Waals surface area contributed by atoms with Crippen LogP contribution in [0.1, 0.15) is 34.8 Å². The topological polar surface area (TPSA) is 85.4 Å². The van der Waals surface area contributed by atoms with Gasteiger partial charge in [0.05, 0.1) is 18.7 Å². The number of anilines is 1. The third-order valence-electron chi connectivity index (χ3n) is 6.25. The number of hydrogen-bond acceptors (Lipinski definition) is 6. The zero-order valence-corrected chi connectivity index (χ0v) is 20.1. The Balaban J connectivity index is 1.46. The van der Waals surface area contributed by atoms with Gasteiger partial charge < -0.3 is 19.1 Å². The molecule has 1 fully saturated rings. The lowest BCUT2D eigenvalue weighted by molar-refractivity contribution is -0.122. The maximum absolute atomic E-state index is 13.7. The fraction of sp³-hybridized carbons (Fsp3) is 0.250. The minimum atomic E-state index is -0.941. The molecule has 0 aromatic heterocycles. The van der Waals surface area contributed by atoms with Crippen LogP contribution in [0.4, 0.5) is 5.69 Å². The molecule has 2 aliphatic heterocycles. The van der Waals surface area contributed by atoms with Crippen molar-refractivity contribution in [3.8, 4) is 17.2 Å². The van der Waals surface area contributed by atoms with E-state index in [1.165, 1.54) is 4.90 Å². The third kappa shape index (κ3) is 4.49. The second kappa shape index (κ2) is 9.73. The summed E-state index contributed by atoms with van der Waals surface area (Å²) in [7, 11) is 0. The summed E-state index contributed by atoms with van der Waals surface area (Å²) in [6, 6.07) is 18.4. The van der Waals surface area contributed by atoms with Gasteiger partial charge in [-0.15, -0.1) is 0 Å². The van der Waals surface area contributed by atoms with E-state index < -0.39 is 11.9 Å². The van der Waals surface area contributed by atoms with E-state index in [1.807, 2.05) is 32.0 Å². The summed E-state index contributed by atoms with van der Waals surface area (Å²) in [5.41, 5.74) is 2.67. The van der Waals surface area contributed by atoms with Crippen molar-refractivity contribution in [2.24, 2.45) is 0 Å². The lowest BCUT2D eigenvalue weighted by Crippen LogP contribution is -2.45. The van der Waals surface area contributed by atoms with Crippen molar-refractivity contribution in [3.63, 3.8) is 0 Å². The molecule has 5 rings (SSSR count). The molecule has 0 radical (unpaired) electrons. The van der Waals surface area contributed by atoms with E-state index in [4.69, 9.17) is 14.2 Å². The highest BCUT2D eigenvalue weighted by Crippen LogP contribution is 2.34. The van der Waals surface area contributed by atoms with Crippen molar-refractivity contribution in [2.45, 2.75) is 32.9 Å². The number of imide groups is 1. The van der Waals surface area contributed by atoms with Gasteiger partial charge in [0.1, 0.15) is 11.8 Å². The van der Waals surface area contributed by atoms with Gasteiger partial charge in [-0.05, 0) is 67.9 Å². The Morgan fingerprint density at radius 3 is 2.44 bits per heavy atom. The van der Waals surface area contributed by atoms with Crippen LogP contribution in [-0.4, -0.2) is 42.1 Å². The molecule has 1 saturated heterocycles. The number of carbonyl (C=O) groups is 3. The lowest BCUT2D eigenvalue weighted by Gasteiger charge is -2.28. The van der Waals surface area contributed by atoms with Crippen LogP contribution in [0.5, 0.6) is 17.2 Å². The molecular formula is C28H26N2O6. The fourth-order valence-electron chi connectivity index (χ4n) is 4.41. The molecule has 36 heavy (non-hydrogen) atoms. The number of amides is 3. The molecule has 0 N–H and O–H groups in total. The summed E-state index contributed by atoms with van der Waals surface area (Å²) < 4.78 is 16.3. The van der Waals surface area contributed by atoms with Gasteiger partial charge in [-0.25, -0.2) is 4.90 Å². The molecule has 0 spiro atoms.